The van der Waals surface area contributed by atoms with Crippen LogP contribution in [0.4, 0.5) is 0 Å². The molecule has 3 fully saturated rings. The summed E-state index contributed by atoms with van der Waals surface area (Å²) in [5, 5.41) is 39.7. The van der Waals surface area contributed by atoms with E-state index in [1.807, 2.05) is 30.3 Å². The van der Waals surface area contributed by atoms with Crippen molar-refractivity contribution in [1.29, 1.82) is 21.2 Å². The molecule has 2 saturated heterocycles. The Labute approximate surface area is 180 Å². The maximum atomic E-state index is 10.4. The predicted octanol–water partition coefficient (Wildman–Crippen LogP) is 3.98. The van der Waals surface area contributed by atoms with Crippen LogP contribution in [0, 0.1) is 56.2 Å². The zero-order valence-corrected chi connectivity index (χ0v) is 16.7. The van der Waals surface area contributed by atoms with Crippen molar-refractivity contribution < 1.29 is 9.47 Å². The maximum Gasteiger partial charge on any atom is 0.217 e. The number of ether oxygens (including phenoxy) is 2. The quantitative estimate of drug-likeness (QED) is 0.799. The monoisotopic (exact) mass is 409 g/mol. The van der Waals surface area contributed by atoms with Gasteiger partial charge in [0.25, 0.3) is 0 Å². The third kappa shape index (κ3) is 2.29. The highest BCUT2D eigenvalue weighted by Crippen LogP contribution is 2.70. The van der Waals surface area contributed by atoms with E-state index >= 15 is 0 Å². The summed E-state index contributed by atoms with van der Waals surface area (Å²) in [7, 11) is 0. The van der Waals surface area contributed by atoms with Crippen LogP contribution < -0.4 is 0 Å². The van der Waals surface area contributed by atoms with Crippen molar-refractivity contribution in [2.24, 2.45) is 16.7 Å². The van der Waals surface area contributed by atoms with E-state index in [9.17, 15) is 15.8 Å². The summed E-state index contributed by atoms with van der Waals surface area (Å²) in [6.07, 6.45) is 2.15. The summed E-state index contributed by atoms with van der Waals surface area (Å²) in [6.45, 7) is 0. The molecular formula is C24H19N5O2. The summed E-state index contributed by atoms with van der Waals surface area (Å²) < 4.78 is 12.4. The van der Waals surface area contributed by atoms with E-state index < -0.39 is 28.6 Å². The van der Waals surface area contributed by atoms with Crippen molar-refractivity contribution in [3.8, 4) is 18.2 Å². The lowest BCUT2D eigenvalue weighted by Gasteiger charge is -2.52. The van der Waals surface area contributed by atoms with Gasteiger partial charge in [0, 0.05) is 12.6 Å². The first-order valence-corrected chi connectivity index (χ1v) is 10.2. The fraction of sp³-hybridized carbons (Fsp3) is 0.375. The molecule has 31 heavy (non-hydrogen) atoms. The standard InChI is InChI=1S/C24H19N5O2/c25-13-22(14-26)20(18-8-4-5-11-29-18)30-24-10-9-17(16-6-2-1-3-7-16)12-19(24)23(22,15-27)21(28)31-24/h1-8,11,17,19-20,28H,9-10,12H2. The number of aromatic nitrogens is 1. The van der Waals surface area contributed by atoms with Crippen LogP contribution in [0.5, 0.6) is 0 Å². The number of nitriles is 3. The van der Waals surface area contributed by atoms with Gasteiger partial charge in [-0.25, -0.2) is 0 Å². The Morgan fingerprint density at radius 3 is 2.39 bits per heavy atom. The second-order valence-corrected chi connectivity index (χ2v) is 8.38. The summed E-state index contributed by atoms with van der Waals surface area (Å²) in [4.78, 5) is 4.31. The minimum Gasteiger partial charge on any atom is -0.447 e. The second kappa shape index (κ2) is 6.64. The van der Waals surface area contributed by atoms with Crippen molar-refractivity contribution in [3.63, 3.8) is 0 Å². The van der Waals surface area contributed by atoms with Crippen LogP contribution in [-0.4, -0.2) is 16.7 Å². The van der Waals surface area contributed by atoms with Crippen LogP contribution in [0.2, 0.25) is 0 Å². The Bertz CT molecular complexity index is 1150. The number of hydrogen-bond donors (Lipinski definition) is 1. The molecule has 1 aromatic heterocycles. The van der Waals surface area contributed by atoms with Gasteiger partial charge in [-0.05, 0) is 36.5 Å². The van der Waals surface area contributed by atoms with Gasteiger partial charge in [0.05, 0.1) is 29.8 Å². The van der Waals surface area contributed by atoms with Crippen molar-refractivity contribution >= 4 is 5.90 Å². The van der Waals surface area contributed by atoms with Gasteiger partial charge in [0.2, 0.25) is 17.1 Å². The van der Waals surface area contributed by atoms with Crippen LogP contribution in [0.3, 0.4) is 0 Å². The van der Waals surface area contributed by atoms with Crippen LogP contribution in [0.25, 0.3) is 0 Å². The largest absolute Gasteiger partial charge is 0.447 e. The molecule has 2 aliphatic heterocycles. The van der Waals surface area contributed by atoms with Crippen molar-refractivity contribution in [1.82, 2.24) is 4.98 Å². The van der Waals surface area contributed by atoms with E-state index in [-0.39, 0.29) is 11.8 Å². The van der Waals surface area contributed by atoms with Gasteiger partial charge in [0.15, 0.2) is 5.41 Å². The molecule has 0 amide bonds. The topological polar surface area (TPSA) is 127 Å². The minimum absolute atomic E-state index is 0.117. The highest BCUT2D eigenvalue weighted by atomic mass is 16.7. The lowest BCUT2D eigenvalue weighted by atomic mass is 9.50. The van der Waals surface area contributed by atoms with E-state index in [4.69, 9.17) is 14.9 Å². The SMILES string of the molecule is N#CC1(C#N)C(c2ccccn2)OC23CCC(c4ccccc4)CC2C1(C#N)C(=N)O3. The third-order valence-electron chi connectivity index (χ3n) is 7.14. The molecule has 3 heterocycles. The average Bonchev–Trinajstić information content (AvgIpc) is 3.03. The lowest BCUT2D eigenvalue weighted by Crippen LogP contribution is -2.61. The zero-order valence-electron chi connectivity index (χ0n) is 16.7. The van der Waals surface area contributed by atoms with Crippen molar-refractivity contribution in [2.75, 3.05) is 0 Å². The summed E-state index contributed by atoms with van der Waals surface area (Å²) in [6, 6.07) is 21.5. The Morgan fingerprint density at radius 2 is 1.74 bits per heavy atom. The number of nitrogens with one attached hydrogen (secondary N) is 1. The predicted molar refractivity (Wildman–Crippen MR) is 108 cm³/mol. The molecule has 152 valence electrons. The Morgan fingerprint density at radius 1 is 1.00 bits per heavy atom. The minimum atomic E-state index is -1.96. The van der Waals surface area contributed by atoms with E-state index in [1.54, 1.807) is 24.4 Å². The molecule has 1 saturated carbocycles. The van der Waals surface area contributed by atoms with E-state index in [2.05, 4.69) is 23.2 Å². The third-order valence-corrected chi connectivity index (χ3v) is 7.14. The Hall–Kier alpha value is -3.73. The molecule has 7 nitrogen and oxygen atoms in total. The second-order valence-electron chi connectivity index (χ2n) is 8.38. The van der Waals surface area contributed by atoms with Crippen LogP contribution >= 0.6 is 0 Å². The molecule has 1 aromatic carbocycles. The van der Waals surface area contributed by atoms with E-state index in [0.29, 0.717) is 18.5 Å². The number of benzene rings is 1. The first-order chi connectivity index (χ1) is 15.1. The summed E-state index contributed by atoms with van der Waals surface area (Å²) >= 11 is 0. The molecule has 2 bridgehead atoms. The van der Waals surface area contributed by atoms with Crippen molar-refractivity contribution in [2.45, 2.75) is 37.1 Å². The Kier molecular flexibility index (Phi) is 4.12. The highest BCUT2D eigenvalue weighted by molar-refractivity contribution is 5.89. The number of hydrogen-bond acceptors (Lipinski definition) is 7. The highest BCUT2D eigenvalue weighted by Gasteiger charge is 2.81. The normalized spacial score (nSPS) is 35.0. The van der Waals surface area contributed by atoms with Gasteiger partial charge in [-0.1, -0.05) is 36.4 Å². The summed E-state index contributed by atoms with van der Waals surface area (Å²) in [5.41, 5.74) is -2.20. The van der Waals surface area contributed by atoms with Gasteiger partial charge in [-0.3, -0.25) is 10.4 Å². The number of rotatable bonds is 2. The smallest absolute Gasteiger partial charge is 0.217 e. The molecule has 7 heteroatoms. The van der Waals surface area contributed by atoms with Crippen molar-refractivity contribution in [3.05, 3.63) is 66.0 Å². The van der Waals surface area contributed by atoms with Crippen LogP contribution in [-0.2, 0) is 9.47 Å². The summed E-state index contributed by atoms with van der Waals surface area (Å²) in [5.74, 6) is -2.07. The van der Waals surface area contributed by atoms with Crippen LogP contribution in [0.1, 0.15) is 42.5 Å². The fourth-order valence-electron chi connectivity index (χ4n) is 5.66. The first kappa shape index (κ1) is 19.2. The number of nitrogens with zero attached hydrogens (tertiary/aromatic N) is 4. The molecule has 1 aliphatic carbocycles. The Balaban J connectivity index is 1.69. The number of pyridine rings is 1. The van der Waals surface area contributed by atoms with E-state index in [1.165, 1.54) is 0 Å². The zero-order chi connectivity index (χ0) is 21.7. The molecule has 3 aliphatic rings. The average molecular weight is 409 g/mol. The van der Waals surface area contributed by atoms with Gasteiger partial charge in [-0.2, -0.15) is 15.8 Å². The molecule has 1 N–H and O–H groups in total. The van der Waals surface area contributed by atoms with Gasteiger partial charge in [-0.15, -0.1) is 0 Å². The first-order valence-electron chi connectivity index (χ1n) is 10.2. The molecule has 5 rings (SSSR count). The molecule has 0 spiro atoms. The molecular weight excluding hydrogens is 390 g/mol. The van der Waals surface area contributed by atoms with Gasteiger partial charge >= 0.3 is 0 Å². The molecule has 5 atom stereocenters. The molecule has 0 radical (unpaired) electrons. The lowest BCUT2D eigenvalue weighted by molar-refractivity contribution is -0.297. The molecule has 5 unspecified atom stereocenters. The maximum absolute atomic E-state index is 10.4. The van der Waals surface area contributed by atoms with Gasteiger partial charge < -0.3 is 9.47 Å². The van der Waals surface area contributed by atoms with E-state index in [0.717, 1.165) is 12.0 Å². The molecule has 2 aromatic rings. The van der Waals surface area contributed by atoms with Crippen LogP contribution in [0.15, 0.2) is 54.7 Å². The van der Waals surface area contributed by atoms with Gasteiger partial charge in [0.1, 0.15) is 6.10 Å². The fourth-order valence-corrected chi connectivity index (χ4v) is 5.66.